The van der Waals surface area contributed by atoms with Crippen LogP contribution in [0.25, 0.3) is 0 Å². The van der Waals surface area contributed by atoms with Gasteiger partial charge in [-0.15, -0.1) is 0 Å². The van der Waals surface area contributed by atoms with E-state index in [0.29, 0.717) is 5.56 Å². The molecule has 1 atom stereocenters. The van der Waals surface area contributed by atoms with Crippen molar-refractivity contribution in [3.8, 4) is 0 Å². The maximum Gasteiger partial charge on any atom is 0.251 e. The van der Waals surface area contributed by atoms with Crippen LogP contribution in [-0.2, 0) is 17.7 Å². The van der Waals surface area contributed by atoms with E-state index in [-0.39, 0.29) is 11.9 Å². The molecule has 1 aliphatic rings. The average Bonchev–Trinajstić information content (AvgIpc) is 2.69. The van der Waals surface area contributed by atoms with E-state index in [0.717, 1.165) is 44.8 Å². The van der Waals surface area contributed by atoms with Crippen molar-refractivity contribution in [3.63, 3.8) is 0 Å². The summed E-state index contributed by atoms with van der Waals surface area (Å²) >= 11 is 0. The molecule has 1 heterocycles. The molecule has 0 spiro atoms. The van der Waals surface area contributed by atoms with Gasteiger partial charge in [0.25, 0.3) is 5.91 Å². The van der Waals surface area contributed by atoms with Gasteiger partial charge in [0.1, 0.15) is 0 Å². The molecule has 1 N–H and O–H groups in total. The summed E-state index contributed by atoms with van der Waals surface area (Å²) in [6.07, 6.45) is 1.03. The molecule has 2 aromatic rings. The fraction of sp³-hybridized carbons (Fsp3) is 0.409. The maximum absolute atomic E-state index is 12.5. The summed E-state index contributed by atoms with van der Waals surface area (Å²) in [6, 6.07) is 16.3. The number of hydrogen-bond acceptors (Lipinski definition) is 3. The van der Waals surface area contributed by atoms with Crippen LogP contribution >= 0.6 is 0 Å². The Labute approximate surface area is 156 Å². The SMILES string of the molecule is CCc1ccc(C(C)NC(=O)c2ccc(CN3CCOCC3)cc2)cc1. The van der Waals surface area contributed by atoms with Gasteiger partial charge in [-0.3, -0.25) is 9.69 Å². The predicted molar refractivity (Wildman–Crippen MR) is 104 cm³/mol. The van der Waals surface area contributed by atoms with E-state index in [9.17, 15) is 4.79 Å². The number of morpholine rings is 1. The zero-order chi connectivity index (χ0) is 18.4. The largest absolute Gasteiger partial charge is 0.379 e. The summed E-state index contributed by atoms with van der Waals surface area (Å²) in [4.78, 5) is 14.9. The molecule has 0 aromatic heterocycles. The van der Waals surface area contributed by atoms with Crippen LogP contribution in [0.1, 0.15) is 46.9 Å². The van der Waals surface area contributed by atoms with Crippen LogP contribution in [0.15, 0.2) is 48.5 Å². The monoisotopic (exact) mass is 352 g/mol. The topological polar surface area (TPSA) is 41.6 Å². The first kappa shape index (κ1) is 18.6. The second-order valence-corrected chi connectivity index (χ2v) is 6.88. The molecule has 0 radical (unpaired) electrons. The Balaban J connectivity index is 1.56. The van der Waals surface area contributed by atoms with E-state index in [4.69, 9.17) is 4.74 Å². The minimum atomic E-state index is -0.0324. The third-order valence-electron chi connectivity index (χ3n) is 4.96. The molecule has 26 heavy (non-hydrogen) atoms. The molecule has 1 amide bonds. The molecule has 1 unspecified atom stereocenters. The van der Waals surface area contributed by atoms with Crippen molar-refractivity contribution < 1.29 is 9.53 Å². The molecule has 0 saturated carbocycles. The van der Waals surface area contributed by atoms with E-state index >= 15 is 0 Å². The average molecular weight is 352 g/mol. The van der Waals surface area contributed by atoms with E-state index in [2.05, 4.69) is 41.4 Å². The van der Waals surface area contributed by atoms with Gasteiger partial charge in [-0.2, -0.15) is 0 Å². The molecule has 1 aliphatic heterocycles. The van der Waals surface area contributed by atoms with E-state index < -0.39 is 0 Å². The Hall–Kier alpha value is -2.17. The van der Waals surface area contributed by atoms with Gasteiger partial charge < -0.3 is 10.1 Å². The van der Waals surface area contributed by atoms with Crippen molar-refractivity contribution >= 4 is 5.91 Å². The first-order valence-corrected chi connectivity index (χ1v) is 9.44. The summed E-state index contributed by atoms with van der Waals surface area (Å²) in [5.41, 5.74) is 4.36. The van der Waals surface area contributed by atoms with E-state index in [1.807, 2.05) is 31.2 Å². The number of benzene rings is 2. The van der Waals surface area contributed by atoms with Gasteiger partial charge in [-0.1, -0.05) is 43.3 Å². The highest BCUT2D eigenvalue weighted by Gasteiger charge is 2.13. The number of nitrogens with one attached hydrogen (secondary N) is 1. The van der Waals surface area contributed by atoms with Crippen LogP contribution in [0.4, 0.5) is 0 Å². The van der Waals surface area contributed by atoms with Crippen molar-refractivity contribution in [1.29, 1.82) is 0 Å². The Morgan fingerprint density at radius 2 is 1.65 bits per heavy atom. The fourth-order valence-corrected chi connectivity index (χ4v) is 3.18. The van der Waals surface area contributed by atoms with Crippen molar-refractivity contribution in [1.82, 2.24) is 10.2 Å². The van der Waals surface area contributed by atoms with Crippen LogP contribution in [0.2, 0.25) is 0 Å². The van der Waals surface area contributed by atoms with Crippen molar-refractivity contribution in [3.05, 3.63) is 70.8 Å². The number of hydrogen-bond donors (Lipinski definition) is 1. The summed E-state index contributed by atoms with van der Waals surface area (Å²) in [6.45, 7) is 8.61. The number of nitrogens with zero attached hydrogens (tertiary/aromatic N) is 1. The molecule has 4 heteroatoms. The van der Waals surface area contributed by atoms with Crippen LogP contribution < -0.4 is 5.32 Å². The normalized spacial score (nSPS) is 16.2. The van der Waals surface area contributed by atoms with Gasteiger partial charge in [-0.25, -0.2) is 0 Å². The summed E-state index contributed by atoms with van der Waals surface area (Å²) < 4.78 is 5.38. The molecule has 1 saturated heterocycles. The predicted octanol–water partition coefficient (Wildman–Crippen LogP) is 3.57. The number of ether oxygens (including phenoxy) is 1. The summed E-state index contributed by atoms with van der Waals surface area (Å²) in [5, 5.41) is 3.08. The quantitative estimate of drug-likeness (QED) is 0.864. The Bertz CT molecular complexity index is 704. The van der Waals surface area contributed by atoms with Crippen LogP contribution in [0.5, 0.6) is 0 Å². The molecule has 0 aliphatic carbocycles. The lowest BCUT2D eigenvalue weighted by Gasteiger charge is -2.26. The first-order valence-electron chi connectivity index (χ1n) is 9.44. The summed E-state index contributed by atoms with van der Waals surface area (Å²) in [5.74, 6) is -0.0324. The molecule has 0 bridgehead atoms. The third-order valence-corrected chi connectivity index (χ3v) is 4.96. The molecule has 3 rings (SSSR count). The fourth-order valence-electron chi connectivity index (χ4n) is 3.18. The lowest BCUT2D eigenvalue weighted by molar-refractivity contribution is 0.0342. The molecule has 4 nitrogen and oxygen atoms in total. The number of aryl methyl sites for hydroxylation is 1. The van der Waals surface area contributed by atoms with Crippen LogP contribution in [0.3, 0.4) is 0 Å². The Morgan fingerprint density at radius 1 is 1.04 bits per heavy atom. The van der Waals surface area contributed by atoms with Gasteiger partial charge >= 0.3 is 0 Å². The molecule has 138 valence electrons. The van der Waals surface area contributed by atoms with E-state index in [1.165, 1.54) is 11.1 Å². The van der Waals surface area contributed by atoms with Crippen molar-refractivity contribution in [2.24, 2.45) is 0 Å². The van der Waals surface area contributed by atoms with Gasteiger partial charge in [0, 0.05) is 25.2 Å². The second kappa shape index (κ2) is 8.97. The number of amides is 1. The molecular formula is C22H28N2O2. The number of carbonyl (C=O) groups excluding carboxylic acids is 1. The maximum atomic E-state index is 12.5. The summed E-state index contributed by atoms with van der Waals surface area (Å²) in [7, 11) is 0. The van der Waals surface area contributed by atoms with Gasteiger partial charge in [-0.05, 0) is 42.2 Å². The minimum Gasteiger partial charge on any atom is -0.379 e. The Morgan fingerprint density at radius 3 is 2.27 bits per heavy atom. The zero-order valence-electron chi connectivity index (χ0n) is 15.7. The molecule has 2 aromatic carbocycles. The standard InChI is InChI=1S/C22H28N2O2/c1-3-18-4-8-20(9-5-18)17(2)23-22(25)21-10-6-19(7-11-21)16-24-12-14-26-15-13-24/h4-11,17H,3,12-16H2,1-2H3,(H,23,25). The number of rotatable bonds is 6. The second-order valence-electron chi connectivity index (χ2n) is 6.88. The van der Waals surface area contributed by atoms with Gasteiger partial charge in [0.05, 0.1) is 19.3 Å². The zero-order valence-corrected chi connectivity index (χ0v) is 15.7. The lowest BCUT2D eigenvalue weighted by Crippen LogP contribution is -2.35. The highest BCUT2D eigenvalue weighted by Crippen LogP contribution is 2.15. The van der Waals surface area contributed by atoms with Gasteiger partial charge in [0.2, 0.25) is 0 Å². The van der Waals surface area contributed by atoms with E-state index in [1.54, 1.807) is 0 Å². The lowest BCUT2D eigenvalue weighted by atomic mass is 10.0. The third kappa shape index (κ3) is 4.93. The first-order chi connectivity index (χ1) is 12.7. The number of carbonyl (C=O) groups is 1. The smallest absolute Gasteiger partial charge is 0.251 e. The van der Waals surface area contributed by atoms with Crippen LogP contribution in [-0.4, -0.2) is 37.1 Å². The highest BCUT2D eigenvalue weighted by atomic mass is 16.5. The minimum absolute atomic E-state index is 0.0126. The van der Waals surface area contributed by atoms with Crippen LogP contribution in [0, 0.1) is 0 Å². The Kier molecular flexibility index (Phi) is 6.42. The van der Waals surface area contributed by atoms with Crippen molar-refractivity contribution in [2.75, 3.05) is 26.3 Å². The molecular weight excluding hydrogens is 324 g/mol. The highest BCUT2D eigenvalue weighted by molar-refractivity contribution is 5.94. The van der Waals surface area contributed by atoms with Gasteiger partial charge in [0.15, 0.2) is 0 Å². The van der Waals surface area contributed by atoms with Crippen molar-refractivity contribution in [2.45, 2.75) is 32.9 Å². The molecule has 1 fully saturated rings.